The summed E-state index contributed by atoms with van der Waals surface area (Å²) in [6.07, 6.45) is 5.77. The average molecular weight is 764 g/mol. The van der Waals surface area contributed by atoms with E-state index in [1.165, 1.54) is 7.11 Å². The minimum atomic E-state index is -1.56. The van der Waals surface area contributed by atoms with E-state index in [2.05, 4.69) is 15.5 Å². The van der Waals surface area contributed by atoms with Crippen LogP contribution in [-0.4, -0.2) is 82.4 Å². The van der Waals surface area contributed by atoms with Crippen molar-refractivity contribution in [3.63, 3.8) is 0 Å². The van der Waals surface area contributed by atoms with Crippen molar-refractivity contribution in [3.8, 4) is 23.1 Å². The molecule has 3 aliphatic carbocycles. The molecule has 4 aliphatic rings. The van der Waals surface area contributed by atoms with Crippen LogP contribution in [-0.2, 0) is 16.8 Å². The Kier molecular flexibility index (Phi) is 10.3. The molecule has 2 amide bonds. The summed E-state index contributed by atoms with van der Waals surface area (Å²) in [7, 11) is 1.51. The van der Waals surface area contributed by atoms with Crippen molar-refractivity contribution in [2.45, 2.75) is 76.9 Å². The number of fused-ring (bicyclic) bond motifs is 3. The number of carbonyl (C=O) groups excluding carboxylic acids is 2. The van der Waals surface area contributed by atoms with Crippen molar-refractivity contribution < 1.29 is 41.5 Å². The van der Waals surface area contributed by atoms with E-state index in [1.807, 2.05) is 25.7 Å². The molecule has 4 fully saturated rings. The number of benzene rings is 2. The van der Waals surface area contributed by atoms with E-state index >= 15 is 4.39 Å². The van der Waals surface area contributed by atoms with Crippen LogP contribution in [0.1, 0.15) is 81.0 Å². The molecular weight excluding hydrogens is 719 g/mol. The molecule has 55 heavy (non-hydrogen) atoms. The van der Waals surface area contributed by atoms with Gasteiger partial charge in [0.2, 0.25) is 11.8 Å². The number of halogens is 3. The third-order valence-corrected chi connectivity index (χ3v) is 10.9. The van der Waals surface area contributed by atoms with E-state index in [0.29, 0.717) is 61.0 Å². The Morgan fingerprint density at radius 3 is 2.27 bits per heavy atom. The maximum absolute atomic E-state index is 15.1. The molecule has 292 valence electrons. The smallest absolute Gasteiger partial charge is 0.410 e. The lowest BCUT2D eigenvalue weighted by Crippen LogP contribution is -2.50. The third-order valence-electron chi connectivity index (χ3n) is 10.9. The second-order valence-corrected chi connectivity index (χ2v) is 15.6. The minimum absolute atomic E-state index is 0.211. The average Bonchev–Trinajstić information content (AvgIpc) is 3.70. The number of amides is 2. The van der Waals surface area contributed by atoms with E-state index in [1.54, 1.807) is 41.4 Å². The highest BCUT2D eigenvalue weighted by Crippen LogP contribution is 2.57. The molecule has 2 aromatic carbocycles. The van der Waals surface area contributed by atoms with Gasteiger partial charge in [0, 0.05) is 44.3 Å². The number of hydrogen-bond donors (Lipinski definition) is 1. The normalized spacial score (nSPS) is 21.0. The molecule has 0 atom stereocenters. The van der Waals surface area contributed by atoms with Gasteiger partial charge in [-0.3, -0.25) is 4.79 Å². The predicted molar refractivity (Wildman–Crippen MR) is 193 cm³/mol. The molecule has 3 saturated carbocycles. The van der Waals surface area contributed by atoms with Crippen LogP contribution in [0.15, 0.2) is 47.1 Å². The molecule has 8 rings (SSSR count). The summed E-state index contributed by atoms with van der Waals surface area (Å²) in [6.45, 7) is 7.57. The van der Waals surface area contributed by atoms with Crippen molar-refractivity contribution >= 4 is 17.9 Å². The highest BCUT2D eigenvalue weighted by molar-refractivity contribution is 5.94. The summed E-state index contributed by atoms with van der Waals surface area (Å²) in [5.74, 6) is -4.01. The van der Waals surface area contributed by atoms with Crippen LogP contribution in [0.2, 0.25) is 0 Å². The number of nitrogens with zero attached hydrogens (tertiary/aromatic N) is 6. The van der Waals surface area contributed by atoms with Crippen LogP contribution in [0, 0.1) is 22.9 Å². The van der Waals surface area contributed by atoms with E-state index in [-0.39, 0.29) is 36.0 Å². The number of piperazine rings is 1. The first-order chi connectivity index (χ1) is 26.3. The number of carbonyl (C=O) groups is 2. The lowest BCUT2D eigenvalue weighted by molar-refractivity contribution is 0.0240. The third kappa shape index (κ3) is 8.03. The lowest BCUT2D eigenvalue weighted by Gasteiger charge is -2.52. The van der Waals surface area contributed by atoms with Gasteiger partial charge in [-0.05, 0) is 94.5 Å². The number of methoxy groups -OCH3 is 1. The van der Waals surface area contributed by atoms with Gasteiger partial charge in [-0.15, -0.1) is 0 Å². The predicted octanol–water partition coefficient (Wildman–Crippen LogP) is 6.61. The molecule has 13 nitrogen and oxygen atoms in total. The van der Waals surface area contributed by atoms with Crippen LogP contribution in [0.3, 0.4) is 0 Å². The summed E-state index contributed by atoms with van der Waals surface area (Å²) in [6, 6.07) is 9.03. The van der Waals surface area contributed by atoms with E-state index in [4.69, 9.17) is 28.7 Å². The monoisotopic (exact) mass is 763 g/mol. The summed E-state index contributed by atoms with van der Waals surface area (Å²) in [4.78, 5) is 43.1. The molecule has 3 heterocycles. The first-order valence-corrected chi connectivity index (χ1v) is 18.4. The fourth-order valence-electron chi connectivity index (χ4n) is 7.56. The zero-order chi connectivity index (χ0) is 39.0. The number of anilines is 1. The van der Waals surface area contributed by atoms with Crippen LogP contribution in [0.5, 0.6) is 11.5 Å². The fourth-order valence-corrected chi connectivity index (χ4v) is 7.56. The van der Waals surface area contributed by atoms with Crippen molar-refractivity contribution in [1.29, 1.82) is 0 Å². The summed E-state index contributed by atoms with van der Waals surface area (Å²) >= 11 is 0. The number of hydrogen-bond acceptors (Lipinski definition) is 11. The number of nitrogens with one attached hydrogen (secondary N) is 1. The van der Waals surface area contributed by atoms with Gasteiger partial charge in [-0.1, -0.05) is 17.3 Å². The Balaban J connectivity index is 0.935. The van der Waals surface area contributed by atoms with E-state index in [0.717, 1.165) is 38.5 Å². The molecule has 1 N–H and O–H groups in total. The van der Waals surface area contributed by atoms with Crippen molar-refractivity contribution in [3.05, 3.63) is 77.0 Å². The maximum Gasteiger partial charge on any atom is 0.410 e. The van der Waals surface area contributed by atoms with Crippen LogP contribution in [0.4, 0.5) is 23.9 Å². The second kappa shape index (κ2) is 15.0. The molecule has 4 aromatic rings. The second-order valence-electron chi connectivity index (χ2n) is 15.6. The zero-order valence-electron chi connectivity index (χ0n) is 31.3. The summed E-state index contributed by atoms with van der Waals surface area (Å²) in [5.41, 5.74) is -0.762. The number of ether oxygens (including phenoxy) is 3. The van der Waals surface area contributed by atoms with Gasteiger partial charge in [-0.25, -0.2) is 23.5 Å². The van der Waals surface area contributed by atoms with Gasteiger partial charge < -0.3 is 33.9 Å². The highest BCUT2D eigenvalue weighted by atomic mass is 19.2. The van der Waals surface area contributed by atoms with E-state index in [9.17, 15) is 18.4 Å². The first-order valence-electron chi connectivity index (χ1n) is 18.4. The fraction of sp³-hybridized carbons (Fsp3) is 0.487. The van der Waals surface area contributed by atoms with Crippen molar-refractivity contribution in [2.75, 3.05) is 44.7 Å². The van der Waals surface area contributed by atoms with Crippen LogP contribution >= 0.6 is 0 Å². The van der Waals surface area contributed by atoms with Gasteiger partial charge in [-0.2, -0.15) is 9.37 Å². The van der Waals surface area contributed by atoms with Gasteiger partial charge in [0.25, 0.3) is 11.8 Å². The number of rotatable bonds is 10. The number of aromatic nitrogens is 4. The van der Waals surface area contributed by atoms with Crippen molar-refractivity contribution in [2.24, 2.45) is 5.41 Å². The van der Waals surface area contributed by atoms with Crippen LogP contribution < -0.4 is 19.7 Å². The maximum atomic E-state index is 15.1. The summed E-state index contributed by atoms with van der Waals surface area (Å²) in [5, 5.41) is 7.11. The summed E-state index contributed by atoms with van der Waals surface area (Å²) < 4.78 is 66.5. The molecular formula is C39H44F3N7O6. The van der Waals surface area contributed by atoms with Gasteiger partial charge in [0.05, 0.1) is 12.7 Å². The topological polar surface area (TPSA) is 145 Å². The molecule has 2 bridgehead atoms. The Bertz CT molecular complexity index is 2020. The molecule has 0 radical (unpaired) electrons. The van der Waals surface area contributed by atoms with Crippen molar-refractivity contribution in [1.82, 2.24) is 30.3 Å². The standard InChI is InChI=1S/C39H44F3N7O6/c1-37(2,3)54-36(51)49-19-17-48(18-20-49)35-43-16-9-28(45-35)33-46-34(47-55-33)39-13-10-38(11-14-39,12-15-39)23-44-32(50)26-21-27(40)31(30(42)29(26)41)53-22-24-5-7-25(52-4)8-6-24/h5-9,16,21H,10-15,17-20,22-23H2,1-4H3,(H,44,50). The van der Waals surface area contributed by atoms with Gasteiger partial charge in [0.1, 0.15) is 23.7 Å². The molecule has 0 spiro atoms. The molecule has 16 heteroatoms. The quantitative estimate of drug-likeness (QED) is 0.174. The Labute approximate surface area is 316 Å². The molecule has 0 unspecified atom stereocenters. The van der Waals surface area contributed by atoms with E-state index < -0.39 is 40.3 Å². The Hall–Kier alpha value is -5.41. The largest absolute Gasteiger partial charge is 0.497 e. The Morgan fingerprint density at radius 2 is 1.62 bits per heavy atom. The SMILES string of the molecule is COc1ccc(COc2c(F)cc(C(=O)NCC34CCC(c5noc(-c6ccnc(N7CCN(C(=O)OC(C)(C)C)CC7)n6)n5)(CC3)CC4)c(F)c2F)cc1. The van der Waals surface area contributed by atoms with Crippen LogP contribution in [0.25, 0.3) is 11.6 Å². The minimum Gasteiger partial charge on any atom is -0.497 e. The zero-order valence-corrected chi connectivity index (χ0v) is 31.3. The molecule has 2 aromatic heterocycles. The molecule has 1 aliphatic heterocycles. The van der Waals surface area contributed by atoms with Gasteiger partial charge >= 0.3 is 6.09 Å². The van der Waals surface area contributed by atoms with Gasteiger partial charge in [0.15, 0.2) is 23.2 Å². The Morgan fingerprint density at radius 1 is 0.927 bits per heavy atom. The molecule has 1 saturated heterocycles. The lowest BCUT2D eigenvalue weighted by atomic mass is 9.53. The first kappa shape index (κ1) is 37.9. The highest BCUT2D eigenvalue weighted by Gasteiger charge is 2.51.